The first kappa shape index (κ1) is 25.6. The van der Waals surface area contributed by atoms with E-state index in [1.165, 1.54) is 11.8 Å². The van der Waals surface area contributed by atoms with Gasteiger partial charge < -0.3 is 10.2 Å². The minimum Gasteiger partial charge on any atom is -0.354 e. The second kappa shape index (κ2) is 13.0. The zero-order valence-electron chi connectivity index (χ0n) is 18.3. The van der Waals surface area contributed by atoms with Crippen molar-refractivity contribution in [2.75, 3.05) is 12.3 Å². The summed E-state index contributed by atoms with van der Waals surface area (Å²) in [6.07, 6.45) is 1.92. The van der Waals surface area contributed by atoms with Gasteiger partial charge in [-0.1, -0.05) is 72.4 Å². The summed E-state index contributed by atoms with van der Waals surface area (Å²) in [6, 6.07) is 12.8. The highest BCUT2D eigenvalue weighted by Gasteiger charge is 2.26. The fourth-order valence-corrected chi connectivity index (χ4v) is 4.77. The quantitative estimate of drug-likeness (QED) is 0.409. The average molecular weight is 481 g/mol. The average Bonchev–Trinajstić information content (AvgIpc) is 2.73. The van der Waals surface area contributed by atoms with E-state index in [1.807, 2.05) is 31.2 Å². The third kappa shape index (κ3) is 8.06. The number of hydrogen-bond donors (Lipinski definition) is 1. The van der Waals surface area contributed by atoms with Crippen LogP contribution < -0.4 is 5.32 Å². The Morgan fingerprint density at radius 1 is 1.13 bits per heavy atom. The third-order valence-corrected chi connectivity index (χ3v) is 6.62. The first-order valence-electron chi connectivity index (χ1n) is 10.5. The van der Waals surface area contributed by atoms with Gasteiger partial charge in [0.1, 0.15) is 6.04 Å². The van der Waals surface area contributed by atoms with Gasteiger partial charge in [0.05, 0.1) is 5.75 Å². The lowest BCUT2D eigenvalue weighted by Gasteiger charge is -2.29. The van der Waals surface area contributed by atoms with Crippen molar-refractivity contribution in [2.45, 2.75) is 52.0 Å². The van der Waals surface area contributed by atoms with Crippen molar-refractivity contribution in [3.05, 3.63) is 69.2 Å². The van der Waals surface area contributed by atoms with E-state index >= 15 is 0 Å². The SMILES string of the molecule is CCCCNC(=O)C(C)N(Cc1cccc(C)c1)C(=O)CSCc1c(Cl)cccc1Cl. The summed E-state index contributed by atoms with van der Waals surface area (Å²) >= 11 is 13.9. The Balaban J connectivity index is 2.08. The lowest BCUT2D eigenvalue weighted by Crippen LogP contribution is -2.48. The fraction of sp³-hybridized carbons (Fsp3) is 0.417. The third-order valence-electron chi connectivity index (χ3n) is 4.97. The van der Waals surface area contributed by atoms with E-state index in [0.29, 0.717) is 28.9 Å². The highest BCUT2D eigenvalue weighted by Crippen LogP contribution is 2.28. The van der Waals surface area contributed by atoms with Crippen molar-refractivity contribution in [1.82, 2.24) is 10.2 Å². The van der Waals surface area contributed by atoms with Crippen molar-refractivity contribution in [1.29, 1.82) is 0 Å². The maximum Gasteiger partial charge on any atom is 0.242 e. The molecule has 0 saturated heterocycles. The van der Waals surface area contributed by atoms with Gasteiger partial charge in [0, 0.05) is 28.9 Å². The topological polar surface area (TPSA) is 49.4 Å². The number of carbonyl (C=O) groups excluding carboxylic acids is 2. The van der Waals surface area contributed by atoms with Crippen LogP contribution in [0.2, 0.25) is 10.0 Å². The molecule has 2 rings (SSSR count). The first-order valence-corrected chi connectivity index (χ1v) is 12.4. The van der Waals surface area contributed by atoms with Crippen molar-refractivity contribution in [3.63, 3.8) is 0 Å². The minimum atomic E-state index is -0.561. The summed E-state index contributed by atoms with van der Waals surface area (Å²) in [5.41, 5.74) is 2.94. The fourth-order valence-electron chi connectivity index (χ4n) is 3.12. The maximum atomic E-state index is 13.1. The molecule has 2 aromatic carbocycles. The molecule has 1 unspecified atom stereocenters. The smallest absolute Gasteiger partial charge is 0.242 e. The van der Waals surface area contributed by atoms with Crippen LogP contribution in [0, 0.1) is 6.92 Å². The molecule has 2 aromatic rings. The van der Waals surface area contributed by atoms with Crippen LogP contribution in [0.1, 0.15) is 43.4 Å². The lowest BCUT2D eigenvalue weighted by atomic mass is 10.1. The van der Waals surface area contributed by atoms with E-state index in [9.17, 15) is 9.59 Å². The molecule has 0 aromatic heterocycles. The number of aryl methyl sites for hydroxylation is 1. The van der Waals surface area contributed by atoms with Gasteiger partial charge in [-0.15, -0.1) is 11.8 Å². The van der Waals surface area contributed by atoms with E-state index in [0.717, 1.165) is 29.5 Å². The molecule has 31 heavy (non-hydrogen) atoms. The Morgan fingerprint density at radius 2 is 1.81 bits per heavy atom. The molecule has 7 heteroatoms. The molecule has 1 atom stereocenters. The molecular formula is C24H30Cl2N2O2S. The van der Waals surface area contributed by atoms with Crippen LogP contribution in [0.25, 0.3) is 0 Å². The Bertz CT molecular complexity index is 871. The molecule has 2 amide bonds. The van der Waals surface area contributed by atoms with Gasteiger partial charge in [-0.3, -0.25) is 9.59 Å². The van der Waals surface area contributed by atoms with Crippen molar-refractivity contribution < 1.29 is 9.59 Å². The Labute approximate surface area is 199 Å². The number of thioether (sulfide) groups is 1. The summed E-state index contributed by atoms with van der Waals surface area (Å²) in [5.74, 6) is 0.543. The molecule has 0 aliphatic heterocycles. The predicted molar refractivity (Wildman–Crippen MR) is 132 cm³/mol. The molecule has 0 aliphatic rings. The number of nitrogens with zero attached hydrogens (tertiary/aromatic N) is 1. The molecule has 0 aliphatic carbocycles. The van der Waals surface area contributed by atoms with Gasteiger partial charge in [0.2, 0.25) is 11.8 Å². The molecule has 168 valence electrons. The van der Waals surface area contributed by atoms with Gasteiger partial charge in [-0.05, 0) is 43.5 Å². The van der Waals surface area contributed by atoms with Crippen molar-refractivity contribution in [3.8, 4) is 0 Å². The van der Waals surface area contributed by atoms with Crippen molar-refractivity contribution in [2.24, 2.45) is 0 Å². The number of rotatable bonds is 11. The zero-order chi connectivity index (χ0) is 22.8. The second-order valence-corrected chi connectivity index (χ2v) is 9.32. The monoisotopic (exact) mass is 480 g/mol. The van der Waals surface area contributed by atoms with Gasteiger partial charge >= 0.3 is 0 Å². The number of benzene rings is 2. The van der Waals surface area contributed by atoms with E-state index in [2.05, 4.69) is 12.2 Å². The van der Waals surface area contributed by atoms with Crippen LogP contribution in [-0.4, -0.2) is 35.1 Å². The molecule has 0 fully saturated rings. The number of unbranched alkanes of at least 4 members (excludes halogenated alkanes) is 1. The van der Waals surface area contributed by atoms with E-state index in [-0.39, 0.29) is 17.6 Å². The largest absolute Gasteiger partial charge is 0.354 e. The number of carbonyl (C=O) groups is 2. The summed E-state index contributed by atoms with van der Waals surface area (Å²) in [6.45, 7) is 6.87. The summed E-state index contributed by atoms with van der Waals surface area (Å²) in [7, 11) is 0. The molecule has 1 N–H and O–H groups in total. The molecule has 0 heterocycles. The molecule has 0 spiro atoms. The minimum absolute atomic E-state index is 0.0900. The van der Waals surface area contributed by atoms with Gasteiger partial charge in [0.15, 0.2) is 0 Å². The van der Waals surface area contributed by atoms with Gasteiger partial charge in [0.25, 0.3) is 0 Å². The number of hydrogen-bond acceptors (Lipinski definition) is 3. The number of nitrogens with one attached hydrogen (secondary N) is 1. The molecule has 0 bridgehead atoms. The van der Waals surface area contributed by atoms with Crippen LogP contribution in [0.4, 0.5) is 0 Å². The standard InChI is InChI=1S/C24H30Cl2N2O2S/c1-4-5-12-27-24(30)18(3)28(14-19-9-6-8-17(2)13-19)23(29)16-31-15-20-21(25)10-7-11-22(20)26/h6-11,13,18H,4-5,12,14-16H2,1-3H3,(H,27,30). The van der Waals surface area contributed by atoms with Crippen LogP contribution in [0.15, 0.2) is 42.5 Å². The first-order chi connectivity index (χ1) is 14.8. The van der Waals surface area contributed by atoms with E-state index in [1.54, 1.807) is 30.0 Å². The number of halogens is 2. The molecule has 4 nitrogen and oxygen atoms in total. The van der Waals surface area contributed by atoms with Crippen molar-refractivity contribution >= 4 is 46.8 Å². The van der Waals surface area contributed by atoms with E-state index < -0.39 is 6.04 Å². The maximum absolute atomic E-state index is 13.1. The molecular weight excluding hydrogens is 451 g/mol. The summed E-state index contributed by atoms with van der Waals surface area (Å²) in [5, 5.41) is 4.12. The van der Waals surface area contributed by atoms with Gasteiger partial charge in [-0.2, -0.15) is 0 Å². The molecule has 0 saturated carbocycles. The number of amides is 2. The lowest BCUT2D eigenvalue weighted by molar-refractivity contribution is -0.138. The Morgan fingerprint density at radius 3 is 2.45 bits per heavy atom. The highest BCUT2D eigenvalue weighted by atomic mass is 35.5. The Hall–Kier alpha value is -1.69. The zero-order valence-corrected chi connectivity index (χ0v) is 20.6. The predicted octanol–water partition coefficient (Wildman–Crippen LogP) is 5.87. The summed E-state index contributed by atoms with van der Waals surface area (Å²) in [4.78, 5) is 27.4. The summed E-state index contributed by atoms with van der Waals surface area (Å²) < 4.78 is 0. The Kier molecular flexibility index (Phi) is 10.7. The normalized spacial score (nSPS) is 11.8. The second-order valence-electron chi connectivity index (χ2n) is 7.52. The van der Waals surface area contributed by atoms with Crippen LogP contribution in [-0.2, 0) is 21.9 Å². The highest BCUT2D eigenvalue weighted by molar-refractivity contribution is 7.99. The van der Waals surface area contributed by atoms with Crippen LogP contribution in [0.5, 0.6) is 0 Å². The molecule has 0 radical (unpaired) electrons. The van der Waals surface area contributed by atoms with Crippen LogP contribution in [0.3, 0.4) is 0 Å². The van der Waals surface area contributed by atoms with Crippen LogP contribution >= 0.6 is 35.0 Å². The van der Waals surface area contributed by atoms with Gasteiger partial charge in [-0.25, -0.2) is 0 Å². The van der Waals surface area contributed by atoms with E-state index in [4.69, 9.17) is 23.2 Å².